The highest BCUT2D eigenvalue weighted by Gasteiger charge is 2.30. The molecule has 0 N–H and O–H groups in total. The molecule has 2 rings (SSSR count). The summed E-state index contributed by atoms with van der Waals surface area (Å²) in [7, 11) is 0. The van der Waals surface area contributed by atoms with Crippen molar-refractivity contribution in [3.63, 3.8) is 0 Å². The van der Waals surface area contributed by atoms with E-state index in [1.807, 2.05) is 6.92 Å². The summed E-state index contributed by atoms with van der Waals surface area (Å²) in [4.78, 5) is -0.740. The van der Waals surface area contributed by atoms with E-state index in [0.29, 0.717) is 6.42 Å². The predicted octanol–water partition coefficient (Wildman–Crippen LogP) is 5.25. The molecule has 0 saturated heterocycles. The Kier molecular flexibility index (Phi) is 4.20. The molecule has 100 valence electrons. The maximum absolute atomic E-state index is 13.0. The summed E-state index contributed by atoms with van der Waals surface area (Å²) in [6.45, 7) is 2.03. The molecule has 0 unspecified atom stereocenters. The Balaban J connectivity index is 2.47. The van der Waals surface area contributed by atoms with Crippen molar-refractivity contribution >= 4 is 11.6 Å². The van der Waals surface area contributed by atoms with Crippen molar-refractivity contribution in [2.75, 3.05) is 0 Å². The fourth-order valence-corrected chi connectivity index (χ4v) is 2.67. The van der Waals surface area contributed by atoms with Crippen LogP contribution in [0.3, 0.4) is 0 Å². The van der Waals surface area contributed by atoms with Gasteiger partial charge in [-0.3, -0.25) is 0 Å². The van der Waals surface area contributed by atoms with Gasteiger partial charge in [-0.25, -0.2) is 8.78 Å². The van der Waals surface area contributed by atoms with E-state index >= 15 is 0 Å². The van der Waals surface area contributed by atoms with Crippen LogP contribution in [0, 0.1) is 11.6 Å². The summed E-state index contributed by atoms with van der Waals surface area (Å²) in [5.41, 5.74) is 1.65. The summed E-state index contributed by atoms with van der Waals surface area (Å²) in [5, 5.41) is 0. The second-order valence-corrected chi connectivity index (χ2v) is 5.21. The lowest BCUT2D eigenvalue weighted by molar-refractivity contribution is 0.607. The van der Waals surface area contributed by atoms with Crippen LogP contribution in [0.5, 0.6) is 0 Å². The molecule has 0 amide bonds. The van der Waals surface area contributed by atoms with E-state index in [2.05, 4.69) is 0 Å². The Bertz CT molecular complexity index is 486. The zero-order chi connectivity index (χ0) is 13.9. The van der Waals surface area contributed by atoms with Crippen molar-refractivity contribution in [3.05, 3.63) is 71.3 Å². The second kappa shape index (κ2) is 5.70. The van der Waals surface area contributed by atoms with E-state index in [-0.39, 0.29) is 11.6 Å². The van der Waals surface area contributed by atoms with Gasteiger partial charge < -0.3 is 0 Å². The highest BCUT2D eigenvalue weighted by Crippen LogP contribution is 2.40. The number of alkyl halides is 1. The molecule has 0 nitrogen and oxygen atoms in total. The van der Waals surface area contributed by atoms with E-state index in [1.165, 1.54) is 24.3 Å². The quantitative estimate of drug-likeness (QED) is 0.671. The third kappa shape index (κ3) is 2.95. The number of rotatable bonds is 4. The monoisotopic (exact) mass is 280 g/mol. The smallest absolute Gasteiger partial charge is 0.123 e. The number of hydrogen-bond donors (Lipinski definition) is 0. The fourth-order valence-electron chi connectivity index (χ4n) is 2.23. The van der Waals surface area contributed by atoms with Crippen molar-refractivity contribution in [2.24, 2.45) is 0 Å². The number of halogens is 3. The van der Waals surface area contributed by atoms with E-state index in [4.69, 9.17) is 11.6 Å². The van der Waals surface area contributed by atoms with Crippen LogP contribution in [0.15, 0.2) is 48.5 Å². The third-order valence-corrected chi connectivity index (χ3v) is 3.82. The van der Waals surface area contributed by atoms with Crippen molar-refractivity contribution in [1.82, 2.24) is 0 Å². The standard InChI is InChI=1S/C16H15ClF2/c1-2-11-16(17,12-3-7-14(18)8-4-12)13-5-9-15(19)10-6-13/h3-10H,2,11H2,1H3. The van der Waals surface area contributed by atoms with Gasteiger partial charge in [0.1, 0.15) is 11.6 Å². The Morgan fingerprint density at radius 3 is 1.53 bits per heavy atom. The highest BCUT2D eigenvalue weighted by molar-refractivity contribution is 6.26. The first kappa shape index (κ1) is 14.0. The molecule has 0 radical (unpaired) electrons. The first-order valence-corrected chi connectivity index (χ1v) is 6.65. The van der Waals surface area contributed by atoms with Crippen molar-refractivity contribution in [3.8, 4) is 0 Å². The Morgan fingerprint density at radius 1 is 0.842 bits per heavy atom. The average molecular weight is 281 g/mol. The van der Waals surface area contributed by atoms with Gasteiger partial charge in [0, 0.05) is 0 Å². The fraction of sp³-hybridized carbons (Fsp3) is 0.250. The van der Waals surface area contributed by atoms with Gasteiger partial charge in [-0.05, 0) is 41.8 Å². The van der Waals surface area contributed by atoms with Crippen LogP contribution in [0.2, 0.25) is 0 Å². The molecule has 2 aromatic carbocycles. The summed E-state index contributed by atoms with van der Waals surface area (Å²) in [5.74, 6) is -0.586. The summed E-state index contributed by atoms with van der Waals surface area (Å²) in [6, 6.07) is 12.3. The minimum absolute atomic E-state index is 0.293. The molecule has 0 fully saturated rings. The third-order valence-electron chi connectivity index (χ3n) is 3.20. The molecule has 0 aromatic heterocycles. The molecule has 0 aliphatic heterocycles. The SMILES string of the molecule is CCCC(Cl)(c1ccc(F)cc1)c1ccc(F)cc1. The summed E-state index contributed by atoms with van der Waals surface area (Å²) >= 11 is 6.75. The van der Waals surface area contributed by atoms with E-state index in [9.17, 15) is 8.78 Å². The van der Waals surface area contributed by atoms with Gasteiger partial charge in [0.2, 0.25) is 0 Å². The molecule has 0 saturated carbocycles. The molecular formula is C16H15ClF2. The lowest BCUT2D eigenvalue weighted by atomic mass is 9.86. The minimum Gasteiger partial charge on any atom is -0.207 e. The lowest BCUT2D eigenvalue weighted by Crippen LogP contribution is -2.20. The largest absolute Gasteiger partial charge is 0.207 e. The van der Waals surface area contributed by atoms with Gasteiger partial charge >= 0.3 is 0 Å². The zero-order valence-corrected chi connectivity index (χ0v) is 11.4. The van der Waals surface area contributed by atoms with Crippen LogP contribution in [-0.2, 0) is 4.87 Å². The Morgan fingerprint density at radius 2 is 1.21 bits per heavy atom. The van der Waals surface area contributed by atoms with Crippen LogP contribution < -0.4 is 0 Å². The van der Waals surface area contributed by atoms with Gasteiger partial charge in [-0.2, -0.15) is 0 Å². The molecule has 0 heterocycles. The first-order valence-electron chi connectivity index (χ1n) is 6.27. The normalized spacial score (nSPS) is 11.6. The van der Waals surface area contributed by atoms with E-state index < -0.39 is 4.87 Å². The molecular weight excluding hydrogens is 266 g/mol. The minimum atomic E-state index is -0.740. The highest BCUT2D eigenvalue weighted by atomic mass is 35.5. The van der Waals surface area contributed by atoms with Crippen molar-refractivity contribution in [1.29, 1.82) is 0 Å². The Labute approximate surface area is 117 Å². The van der Waals surface area contributed by atoms with Gasteiger partial charge in [-0.15, -0.1) is 11.6 Å². The molecule has 0 aliphatic rings. The second-order valence-electron chi connectivity index (χ2n) is 4.56. The molecule has 19 heavy (non-hydrogen) atoms. The molecule has 0 bridgehead atoms. The molecule has 0 spiro atoms. The maximum atomic E-state index is 13.0. The van der Waals surface area contributed by atoms with E-state index in [1.54, 1.807) is 24.3 Å². The Hall–Kier alpha value is -1.41. The lowest BCUT2D eigenvalue weighted by Gasteiger charge is -2.28. The first-order chi connectivity index (χ1) is 9.06. The van der Waals surface area contributed by atoms with Crippen LogP contribution in [0.4, 0.5) is 8.78 Å². The number of benzene rings is 2. The maximum Gasteiger partial charge on any atom is 0.123 e. The van der Waals surface area contributed by atoms with Crippen LogP contribution in [-0.4, -0.2) is 0 Å². The van der Waals surface area contributed by atoms with Crippen LogP contribution >= 0.6 is 11.6 Å². The molecule has 3 heteroatoms. The topological polar surface area (TPSA) is 0 Å². The molecule has 0 aliphatic carbocycles. The number of hydrogen-bond acceptors (Lipinski definition) is 0. The molecule has 0 atom stereocenters. The molecule has 2 aromatic rings. The van der Waals surface area contributed by atoms with Gasteiger partial charge in [0.25, 0.3) is 0 Å². The van der Waals surface area contributed by atoms with E-state index in [0.717, 1.165) is 17.5 Å². The van der Waals surface area contributed by atoms with Crippen LogP contribution in [0.25, 0.3) is 0 Å². The predicted molar refractivity (Wildman–Crippen MR) is 74.3 cm³/mol. The van der Waals surface area contributed by atoms with Gasteiger partial charge in [0.05, 0.1) is 4.87 Å². The van der Waals surface area contributed by atoms with Crippen molar-refractivity contribution in [2.45, 2.75) is 24.6 Å². The summed E-state index contributed by atoms with van der Waals surface area (Å²) in [6.07, 6.45) is 1.57. The average Bonchev–Trinajstić information content (AvgIpc) is 2.40. The van der Waals surface area contributed by atoms with Gasteiger partial charge in [-0.1, -0.05) is 37.6 Å². The van der Waals surface area contributed by atoms with Gasteiger partial charge in [0.15, 0.2) is 0 Å². The van der Waals surface area contributed by atoms with Crippen LogP contribution in [0.1, 0.15) is 30.9 Å². The van der Waals surface area contributed by atoms with Crippen molar-refractivity contribution < 1.29 is 8.78 Å². The zero-order valence-electron chi connectivity index (χ0n) is 10.7. The summed E-state index contributed by atoms with van der Waals surface area (Å²) < 4.78 is 26.0.